The van der Waals surface area contributed by atoms with Gasteiger partial charge in [0.1, 0.15) is 10.7 Å². The Morgan fingerprint density at radius 3 is 2.50 bits per heavy atom. The topological polar surface area (TPSA) is 107 Å². The van der Waals surface area contributed by atoms with Crippen LogP contribution in [-0.4, -0.2) is 36.8 Å². The Labute approximate surface area is 102 Å². The third-order valence-electron chi connectivity index (χ3n) is 2.62. The Morgan fingerprint density at radius 2 is 2.06 bits per heavy atom. The Morgan fingerprint density at radius 1 is 1.44 bits per heavy atom. The van der Waals surface area contributed by atoms with Crippen molar-refractivity contribution in [3.05, 3.63) is 34.1 Å². The van der Waals surface area contributed by atoms with Crippen molar-refractivity contribution in [1.29, 1.82) is 0 Å². The van der Waals surface area contributed by atoms with Crippen LogP contribution in [0.2, 0.25) is 0 Å². The molecule has 0 aliphatic carbocycles. The van der Waals surface area contributed by atoms with E-state index in [1.165, 1.54) is 0 Å². The van der Waals surface area contributed by atoms with E-state index in [0.29, 0.717) is 6.07 Å². The number of halogens is 1. The minimum atomic E-state index is -3.95. The van der Waals surface area contributed by atoms with Crippen LogP contribution >= 0.6 is 0 Å². The highest BCUT2D eigenvalue weighted by Gasteiger charge is 2.36. The molecule has 0 unspecified atom stereocenters. The molecule has 1 aliphatic rings. The second-order valence-corrected chi connectivity index (χ2v) is 5.86. The van der Waals surface area contributed by atoms with Gasteiger partial charge in [0, 0.05) is 25.2 Å². The number of sulfonamides is 1. The second-order valence-electron chi connectivity index (χ2n) is 3.95. The van der Waals surface area contributed by atoms with Gasteiger partial charge >= 0.3 is 0 Å². The van der Waals surface area contributed by atoms with Crippen LogP contribution in [0.4, 0.5) is 10.1 Å². The van der Waals surface area contributed by atoms with Crippen LogP contribution in [0.25, 0.3) is 0 Å². The average Bonchev–Trinajstić information content (AvgIpc) is 2.24. The van der Waals surface area contributed by atoms with Crippen LogP contribution < -0.4 is 5.73 Å². The molecule has 98 valence electrons. The third-order valence-corrected chi connectivity index (χ3v) is 4.49. The van der Waals surface area contributed by atoms with Gasteiger partial charge in [-0.05, 0) is 6.07 Å². The summed E-state index contributed by atoms with van der Waals surface area (Å²) in [5.74, 6) is -1.13. The molecule has 18 heavy (non-hydrogen) atoms. The van der Waals surface area contributed by atoms with E-state index in [0.717, 1.165) is 16.4 Å². The van der Waals surface area contributed by atoms with E-state index >= 15 is 0 Å². The zero-order chi connectivity index (χ0) is 13.5. The highest BCUT2D eigenvalue weighted by atomic mass is 32.2. The Kier molecular flexibility index (Phi) is 3.05. The minimum Gasteiger partial charge on any atom is -0.325 e. The summed E-state index contributed by atoms with van der Waals surface area (Å²) < 4.78 is 38.5. The highest BCUT2D eigenvalue weighted by Crippen LogP contribution is 2.25. The van der Waals surface area contributed by atoms with Gasteiger partial charge in [0.2, 0.25) is 10.0 Å². The van der Waals surface area contributed by atoms with Crippen LogP contribution in [0.1, 0.15) is 0 Å². The van der Waals surface area contributed by atoms with Crippen molar-refractivity contribution in [2.45, 2.75) is 10.9 Å². The van der Waals surface area contributed by atoms with Gasteiger partial charge in [-0.2, -0.15) is 4.31 Å². The predicted octanol–water partition coefficient (Wildman–Crippen LogP) is 0.0655. The molecule has 2 rings (SSSR count). The first-order valence-corrected chi connectivity index (χ1v) is 6.46. The van der Waals surface area contributed by atoms with Crippen LogP contribution in [-0.2, 0) is 10.0 Å². The maximum atomic E-state index is 13.6. The Bertz CT molecular complexity index is 598. The lowest BCUT2D eigenvalue weighted by molar-refractivity contribution is -0.385. The van der Waals surface area contributed by atoms with Crippen molar-refractivity contribution in [1.82, 2.24) is 4.31 Å². The van der Waals surface area contributed by atoms with Gasteiger partial charge in [-0.25, -0.2) is 12.8 Å². The molecule has 0 radical (unpaired) electrons. The van der Waals surface area contributed by atoms with Crippen LogP contribution in [0, 0.1) is 15.9 Å². The number of nitrogens with two attached hydrogens (primary N) is 1. The van der Waals surface area contributed by atoms with Crippen LogP contribution in [0.15, 0.2) is 23.1 Å². The molecule has 1 aromatic carbocycles. The van der Waals surface area contributed by atoms with Gasteiger partial charge in [0.05, 0.1) is 11.0 Å². The molecule has 1 saturated heterocycles. The summed E-state index contributed by atoms with van der Waals surface area (Å²) in [4.78, 5) is 9.06. The first-order valence-electron chi connectivity index (χ1n) is 5.02. The molecule has 2 N–H and O–H groups in total. The van der Waals surface area contributed by atoms with Gasteiger partial charge in [-0.3, -0.25) is 10.1 Å². The van der Waals surface area contributed by atoms with Gasteiger partial charge in [-0.1, -0.05) is 0 Å². The van der Waals surface area contributed by atoms with E-state index in [1.54, 1.807) is 0 Å². The smallest absolute Gasteiger partial charge is 0.272 e. The van der Waals surface area contributed by atoms with Gasteiger partial charge in [-0.15, -0.1) is 0 Å². The molecule has 0 saturated carbocycles. The van der Waals surface area contributed by atoms with E-state index in [4.69, 9.17) is 5.73 Å². The highest BCUT2D eigenvalue weighted by molar-refractivity contribution is 7.89. The SMILES string of the molecule is NC1CN(S(=O)(=O)c2ccc([N+](=O)[O-])cc2F)C1. The van der Waals surface area contributed by atoms with Crippen LogP contribution in [0.5, 0.6) is 0 Å². The van der Waals surface area contributed by atoms with Gasteiger partial charge in [0.15, 0.2) is 0 Å². The fourth-order valence-electron chi connectivity index (χ4n) is 1.62. The average molecular weight is 275 g/mol. The summed E-state index contributed by atoms with van der Waals surface area (Å²) in [6.45, 7) is 0.248. The quantitative estimate of drug-likeness (QED) is 0.620. The molecule has 1 aromatic rings. The molecule has 9 heteroatoms. The number of rotatable bonds is 3. The van der Waals surface area contributed by atoms with Gasteiger partial charge in [0.25, 0.3) is 5.69 Å². The maximum Gasteiger partial charge on any atom is 0.272 e. The molecular formula is C9H10FN3O4S. The Balaban J connectivity index is 2.37. The zero-order valence-corrected chi connectivity index (χ0v) is 9.93. The molecule has 0 aromatic heterocycles. The third kappa shape index (κ3) is 2.07. The first kappa shape index (κ1) is 12.9. The largest absolute Gasteiger partial charge is 0.325 e. The summed E-state index contributed by atoms with van der Waals surface area (Å²) in [7, 11) is -3.95. The van der Waals surface area contributed by atoms with E-state index in [2.05, 4.69) is 0 Å². The number of non-ortho nitro benzene ring substituents is 1. The molecule has 1 heterocycles. The molecule has 1 fully saturated rings. The summed E-state index contributed by atoms with van der Waals surface area (Å²) in [6.07, 6.45) is 0. The standard InChI is InChI=1S/C9H10FN3O4S/c10-8-3-7(13(14)15)1-2-9(8)18(16,17)12-4-6(11)5-12/h1-3,6H,4-5,11H2. The predicted molar refractivity (Wildman–Crippen MR) is 59.8 cm³/mol. The van der Waals surface area contributed by atoms with E-state index in [1.807, 2.05) is 0 Å². The number of hydrogen-bond donors (Lipinski definition) is 1. The number of nitrogens with zero attached hydrogens (tertiary/aromatic N) is 2. The van der Waals surface area contributed by atoms with Gasteiger partial charge < -0.3 is 5.73 Å². The number of hydrogen-bond acceptors (Lipinski definition) is 5. The lowest BCUT2D eigenvalue weighted by Crippen LogP contribution is -2.57. The molecule has 0 atom stereocenters. The molecule has 0 amide bonds. The number of nitro groups is 1. The van der Waals surface area contributed by atoms with Crippen molar-refractivity contribution in [3.8, 4) is 0 Å². The fraction of sp³-hybridized carbons (Fsp3) is 0.333. The van der Waals surface area contributed by atoms with Crippen molar-refractivity contribution < 1.29 is 17.7 Å². The van der Waals surface area contributed by atoms with Crippen molar-refractivity contribution in [3.63, 3.8) is 0 Å². The van der Waals surface area contributed by atoms with E-state index in [-0.39, 0.29) is 19.1 Å². The van der Waals surface area contributed by atoms with Crippen molar-refractivity contribution in [2.75, 3.05) is 13.1 Å². The summed E-state index contributed by atoms with van der Waals surface area (Å²) in [6, 6.07) is 2.19. The lowest BCUT2D eigenvalue weighted by Gasteiger charge is -2.35. The second kappa shape index (κ2) is 4.26. The maximum absolute atomic E-state index is 13.6. The lowest BCUT2D eigenvalue weighted by atomic mass is 10.2. The first-order chi connectivity index (χ1) is 8.32. The normalized spacial score (nSPS) is 17.4. The fourth-order valence-corrected chi connectivity index (χ4v) is 3.22. The van der Waals surface area contributed by atoms with E-state index in [9.17, 15) is 22.9 Å². The summed E-state index contributed by atoms with van der Waals surface area (Å²) >= 11 is 0. The van der Waals surface area contributed by atoms with Crippen molar-refractivity contribution >= 4 is 15.7 Å². The Hall–Kier alpha value is -1.58. The molecule has 0 bridgehead atoms. The monoisotopic (exact) mass is 275 g/mol. The molecule has 1 aliphatic heterocycles. The zero-order valence-electron chi connectivity index (χ0n) is 9.11. The van der Waals surface area contributed by atoms with Crippen molar-refractivity contribution in [2.24, 2.45) is 5.73 Å². The number of benzene rings is 1. The molecular weight excluding hydrogens is 265 g/mol. The summed E-state index contributed by atoms with van der Waals surface area (Å²) in [5, 5.41) is 10.4. The van der Waals surface area contributed by atoms with E-state index < -0.39 is 31.3 Å². The number of nitro benzene ring substituents is 1. The molecule has 0 spiro atoms. The molecule has 7 nitrogen and oxygen atoms in total. The summed E-state index contributed by atoms with van der Waals surface area (Å²) in [5.41, 5.74) is 4.96. The minimum absolute atomic E-state index is 0.124. The van der Waals surface area contributed by atoms with Crippen LogP contribution in [0.3, 0.4) is 0 Å².